The molecule has 0 radical (unpaired) electrons. The SMILES string of the molecule is COC(=O)CN(C)CCc1ccc2oc(=O)[nH]c2c1. The van der Waals surface area contributed by atoms with Crippen molar-refractivity contribution in [3.63, 3.8) is 0 Å². The van der Waals surface area contributed by atoms with Crippen molar-refractivity contribution in [2.45, 2.75) is 6.42 Å². The maximum Gasteiger partial charge on any atom is 0.417 e. The van der Waals surface area contributed by atoms with Crippen LogP contribution in [-0.4, -0.2) is 43.1 Å². The van der Waals surface area contributed by atoms with Crippen molar-refractivity contribution in [1.82, 2.24) is 9.88 Å². The predicted octanol–water partition coefficient (Wildman–Crippen LogP) is 0.768. The van der Waals surface area contributed by atoms with Gasteiger partial charge in [-0.25, -0.2) is 4.79 Å². The fourth-order valence-electron chi connectivity index (χ4n) is 1.84. The molecule has 0 aliphatic carbocycles. The lowest BCUT2D eigenvalue weighted by Crippen LogP contribution is -2.28. The van der Waals surface area contributed by atoms with Crippen LogP contribution >= 0.6 is 0 Å². The third-order valence-electron chi connectivity index (χ3n) is 2.89. The van der Waals surface area contributed by atoms with E-state index in [0.717, 1.165) is 18.5 Å². The number of ether oxygens (including phenoxy) is 1. The molecule has 0 fully saturated rings. The van der Waals surface area contributed by atoms with Gasteiger partial charge >= 0.3 is 11.7 Å². The monoisotopic (exact) mass is 264 g/mol. The standard InChI is InChI=1S/C13H16N2O4/c1-15(8-12(16)18-2)6-5-9-3-4-11-10(7-9)14-13(17)19-11/h3-4,7H,5-6,8H2,1-2H3,(H,14,17). The number of esters is 1. The normalized spacial score (nSPS) is 11.1. The number of likely N-dealkylation sites (N-methyl/N-ethyl adjacent to an activating group) is 1. The summed E-state index contributed by atoms with van der Waals surface area (Å²) in [5.74, 6) is -0.702. The summed E-state index contributed by atoms with van der Waals surface area (Å²) in [5.41, 5.74) is 2.32. The molecule has 1 heterocycles. The number of benzene rings is 1. The number of H-pyrrole nitrogens is 1. The average Bonchev–Trinajstić information content (AvgIpc) is 2.75. The highest BCUT2D eigenvalue weighted by molar-refractivity contribution is 5.73. The van der Waals surface area contributed by atoms with Crippen molar-refractivity contribution in [3.8, 4) is 0 Å². The number of aromatic amines is 1. The van der Waals surface area contributed by atoms with Crippen molar-refractivity contribution in [2.75, 3.05) is 27.2 Å². The van der Waals surface area contributed by atoms with Gasteiger partial charge < -0.3 is 9.15 Å². The topological polar surface area (TPSA) is 75.5 Å². The Labute approximate surface area is 110 Å². The van der Waals surface area contributed by atoms with Crippen LogP contribution in [0, 0.1) is 0 Å². The summed E-state index contributed by atoms with van der Waals surface area (Å²) in [5, 5.41) is 0. The second kappa shape index (κ2) is 5.71. The first-order chi connectivity index (χ1) is 9.08. The molecule has 0 spiro atoms. The lowest BCUT2D eigenvalue weighted by atomic mass is 10.1. The van der Waals surface area contributed by atoms with E-state index in [1.165, 1.54) is 7.11 Å². The van der Waals surface area contributed by atoms with Gasteiger partial charge in [0.15, 0.2) is 5.58 Å². The van der Waals surface area contributed by atoms with Gasteiger partial charge in [0.25, 0.3) is 0 Å². The quantitative estimate of drug-likeness (QED) is 0.807. The first kappa shape index (κ1) is 13.4. The van der Waals surface area contributed by atoms with Crippen LogP contribution in [0.25, 0.3) is 11.1 Å². The van der Waals surface area contributed by atoms with Crippen molar-refractivity contribution >= 4 is 17.1 Å². The van der Waals surface area contributed by atoms with Gasteiger partial charge in [-0.2, -0.15) is 0 Å². The van der Waals surface area contributed by atoms with Crippen molar-refractivity contribution in [3.05, 3.63) is 34.3 Å². The van der Waals surface area contributed by atoms with E-state index in [2.05, 4.69) is 9.72 Å². The van der Waals surface area contributed by atoms with Crippen LogP contribution in [0.2, 0.25) is 0 Å². The Morgan fingerprint density at radius 1 is 1.47 bits per heavy atom. The van der Waals surface area contributed by atoms with E-state index in [0.29, 0.717) is 11.1 Å². The number of methoxy groups -OCH3 is 1. The second-order valence-corrected chi connectivity index (χ2v) is 4.41. The van der Waals surface area contributed by atoms with Crippen LogP contribution in [-0.2, 0) is 16.0 Å². The molecule has 0 saturated carbocycles. The number of carbonyl (C=O) groups is 1. The maximum atomic E-state index is 11.1. The number of aromatic nitrogens is 1. The minimum atomic E-state index is -0.449. The summed E-state index contributed by atoms with van der Waals surface area (Å²) in [6.45, 7) is 0.990. The smallest absolute Gasteiger partial charge is 0.417 e. The first-order valence-electron chi connectivity index (χ1n) is 5.95. The van der Waals surface area contributed by atoms with Crippen LogP contribution in [0.5, 0.6) is 0 Å². The number of nitrogens with zero attached hydrogens (tertiary/aromatic N) is 1. The number of rotatable bonds is 5. The number of hydrogen-bond acceptors (Lipinski definition) is 5. The van der Waals surface area contributed by atoms with Crippen molar-refractivity contribution in [2.24, 2.45) is 0 Å². The maximum absolute atomic E-state index is 11.1. The Kier molecular flexibility index (Phi) is 4.01. The van der Waals surface area contributed by atoms with E-state index < -0.39 is 5.76 Å². The summed E-state index contributed by atoms with van der Waals surface area (Å²) >= 11 is 0. The molecule has 2 rings (SSSR count). The molecule has 6 nitrogen and oxygen atoms in total. The number of nitrogens with one attached hydrogen (secondary N) is 1. The molecule has 1 aromatic heterocycles. The largest absolute Gasteiger partial charge is 0.468 e. The Bertz CT molecular complexity index is 629. The molecule has 0 amide bonds. The zero-order valence-corrected chi connectivity index (χ0v) is 10.9. The number of oxazole rings is 1. The van der Waals surface area contributed by atoms with E-state index in [-0.39, 0.29) is 12.5 Å². The third kappa shape index (κ3) is 3.45. The molecule has 0 bridgehead atoms. The van der Waals surface area contributed by atoms with Gasteiger partial charge in [-0.3, -0.25) is 14.7 Å². The molecule has 0 unspecified atom stereocenters. The van der Waals surface area contributed by atoms with Gasteiger partial charge in [0, 0.05) is 6.54 Å². The fourth-order valence-corrected chi connectivity index (χ4v) is 1.84. The Hall–Kier alpha value is -2.08. The molecule has 6 heteroatoms. The number of hydrogen-bond donors (Lipinski definition) is 1. The van der Waals surface area contributed by atoms with Crippen LogP contribution < -0.4 is 5.76 Å². The van der Waals surface area contributed by atoms with Gasteiger partial charge in [0.05, 0.1) is 19.2 Å². The van der Waals surface area contributed by atoms with E-state index >= 15 is 0 Å². The molecule has 0 saturated heterocycles. The van der Waals surface area contributed by atoms with Gasteiger partial charge in [0.1, 0.15) is 0 Å². The molecule has 102 valence electrons. The molecular formula is C13H16N2O4. The van der Waals surface area contributed by atoms with Gasteiger partial charge in [-0.05, 0) is 31.2 Å². The van der Waals surface area contributed by atoms with Crippen LogP contribution in [0.15, 0.2) is 27.4 Å². The third-order valence-corrected chi connectivity index (χ3v) is 2.89. The Morgan fingerprint density at radius 3 is 3.00 bits per heavy atom. The Morgan fingerprint density at radius 2 is 2.26 bits per heavy atom. The zero-order chi connectivity index (χ0) is 13.8. The van der Waals surface area contributed by atoms with Crippen LogP contribution in [0.1, 0.15) is 5.56 Å². The first-order valence-corrected chi connectivity index (χ1v) is 5.95. The molecule has 2 aromatic rings. The molecule has 1 aromatic carbocycles. The summed E-state index contributed by atoms with van der Waals surface area (Å²) in [6, 6.07) is 5.56. The lowest BCUT2D eigenvalue weighted by molar-refractivity contribution is -0.141. The van der Waals surface area contributed by atoms with Crippen LogP contribution in [0.4, 0.5) is 0 Å². The van der Waals surface area contributed by atoms with Crippen molar-refractivity contribution < 1.29 is 13.9 Å². The predicted molar refractivity (Wildman–Crippen MR) is 70.1 cm³/mol. The van der Waals surface area contributed by atoms with E-state index in [1.807, 2.05) is 24.1 Å². The fraction of sp³-hybridized carbons (Fsp3) is 0.385. The van der Waals surface area contributed by atoms with Crippen LogP contribution in [0.3, 0.4) is 0 Å². The van der Waals surface area contributed by atoms with E-state index in [4.69, 9.17) is 4.42 Å². The van der Waals surface area contributed by atoms with Gasteiger partial charge in [-0.15, -0.1) is 0 Å². The molecule has 1 N–H and O–H groups in total. The summed E-state index contributed by atoms with van der Waals surface area (Å²) < 4.78 is 9.53. The zero-order valence-electron chi connectivity index (χ0n) is 10.9. The van der Waals surface area contributed by atoms with Gasteiger partial charge in [-0.1, -0.05) is 6.07 Å². The lowest BCUT2D eigenvalue weighted by Gasteiger charge is -2.14. The van der Waals surface area contributed by atoms with E-state index in [9.17, 15) is 9.59 Å². The molecule has 19 heavy (non-hydrogen) atoms. The average molecular weight is 264 g/mol. The Balaban J connectivity index is 1.97. The van der Waals surface area contributed by atoms with Crippen molar-refractivity contribution in [1.29, 1.82) is 0 Å². The minimum absolute atomic E-state index is 0.253. The number of carbonyl (C=O) groups excluding carboxylic acids is 1. The molecule has 0 atom stereocenters. The molecule has 0 aliphatic rings. The second-order valence-electron chi connectivity index (χ2n) is 4.41. The number of fused-ring (bicyclic) bond motifs is 1. The highest BCUT2D eigenvalue weighted by Gasteiger charge is 2.07. The van der Waals surface area contributed by atoms with Gasteiger partial charge in [0.2, 0.25) is 0 Å². The summed E-state index contributed by atoms with van der Waals surface area (Å²) in [4.78, 5) is 26.6. The summed E-state index contributed by atoms with van der Waals surface area (Å²) in [7, 11) is 3.23. The highest BCUT2D eigenvalue weighted by Crippen LogP contribution is 2.12. The molecule has 0 aliphatic heterocycles. The highest BCUT2D eigenvalue weighted by atomic mass is 16.5. The minimum Gasteiger partial charge on any atom is -0.468 e. The molecular weight excluding hydrogens is 248 g/mol. The summed E-state index contributed by atoms with van der Waals surface area (Å²) in [6.07, 6.45) is 0.774. The van der Waals surface area contributed by atoms with E-state index in [1.54, 1.807) is 6.07 Å².